The number of thiophene rings is 1. The first-order valence-electron chi connectivity index (χ1n) is 4.08. The summed E-state index contributed by atoms with van der Waals surface area (Å²) in [5.74, 6) is -0.0989. The van der Waals surface area contributed by atoms with Crippen molar-refractivity contribution in [2.24, 2.45) is 0 Å². The third-order valence-electron chi connectivity index (χ3n) is 2.10. The summed E-state index contributed by atoms with van der Waals surface area (Å²) in [5, 5.41) is 2.34. The lowest BCUT2D eigenvalue weighted by Crippen LogP contribution is -1.82. The van der Waals surface area contributed by atoms with Crippen LogP contribution >= 0.6 is 27.3 Å². The van der Waals surface area contributed by atoms with E-state index in [2.05, 4.69) is 15.9 Å². The summed E-state index contributed by atoms with van der Waals surface area (Å²) in [6.45, 7) is 2.04. The molecule has 2 rings (SSSR count). The van der Waals surface area contributed by atoms with Crippen molar-refractivity contribution in [1.29, 1.82) is 0 Å². The molecule has 0 spiro atoms. The predicted molar refractivity (Wildman–Crippen MR) is 58.9 cm³/mol. The Morgan fingerprint density at radius 1 is 1.46 bits per heavy atom. The molecule has 0 aliphatic rings. The van der Waals surface area contributed by atoms with Crippen LogP contribution in [0.3, 0.4) is 0 Å². The molecule has 0 amide bonds. The number of hydrogen-bond donors (Lipinski definition) is 0. The summed E-state index contributed by atoms with van der Waals surface area (Å²) in [6, 6.07) is 3.96. The van der Waals surface area contributed by atoms with Gasteiger partial charge in [-0.1, -0.05) is 13.0 Å². The number of aryl methyl sites for hydroxylation is 1. The molecule has 2 aromatic rings. The molecule has 0 saturated carbocycles. The van der Waals surface area contributed by atoms with Crippen LogP contribution in [-0.4, -0.2) is 0 Å². The summed E-state index contributed by atoms with van der Waals surface area (Å²) in [4.78, 5) is 0. The third-order valence-corrected chi connectivity index (χ3v) is 4.00. The largest absolute Gasteiger partial charge is 0.205 e. The first-order valence-corrected chi connectivity index (χ1v) is 5.75. The Bertz CT molecular complexity index is 447. The third kappa shape index (κ3) is 1.40. The fraction of sp³-hybridized carbons (Fsp3) is 0.200. The maximum atomic E-state index is 13.4. The number of rotatable bonds is 1. The van der Waals surface area contributed by atoms with Crippen molar-refractivity contribution in [3.8, 4) is 0 Å². The molecule has 0 atom stereocenters. The van der Waals surface area contributed by atoms with E-state index in [1.54, 1.807) is 5.38 Å². The minimum Gasteiger partial charge on any atom is -0.205 e. The molecule has 0 radical (unpaired) electrons. The topological polar surface area (TPSA) is 0 Å². The van der Waals surface area contributed by atoms with E-state index >= 15 is 0 Å². The second-order valence-electron chi connectivity index (χ2n) is 2.85. The van der Waals surface area contributed by atoms with E-state index in [0.29, 0.717) is 0 Å². The van der Waals surface area contributed by atoms with Crippen LogP contribution in [0.4, 0.5) is 4.39 Å². The molecule has 0 bridgehead atoms. The molecular formula is C10H8BrFS. The normalized spacial score (nSPS) is 11.0. The van der Waals surface area contributed by atoms with Crippen LogP contribution in [0, 0.1) is 5.82 Å². The van der Waals surface area contributed by atoms with E-state index in [1.165, 1.54) is 11.3 Å². The zero-order valence-corrected chi connectivity index (χ0v) is 9.51. The van der Waals surface area contributed by atoms with Gasteiger partial charge < -0.3 is 0 Å². The fourth-order valence-electron chi connectivity index (χ4n) is 1.44. The Labute approximate surface area is 88.5 Å². The molecule has 0 N–H and O–H groups in total. The molecule has 0 fully saturated rings. The van der Waals surface area contributed by atoms with Gasteiger partial charge in [-0.3, -0.25) is 0 Å². The van der Waals surface area contributed by atoms with Gasteiger partial charge in [0, 0.05) is 15.2 Å². The van der Waals surface area contributed by atoms with E-state index in [4.69, 9.17) is 0 Å². The second kappa shape index (κ2) is 3.39. The molecule has 0 aliphatic carbocycles. The zero-order chi connectivity index (χ0) is 9.42. The van der Waals surface area contributed by atoms with Crippen LogP contribution < -0.4 is 0 Å². The first-order chi connectivity index (χ1) is 6.24. The van der Waals surface area contributed by atoms with Gasteiger partial charge in [0.15, 0.2) is 0 Å². The van der Waals surface area contributed by atoms with Gasteiger partial charge in [0.1, 0.15) is 5.82 Å². The van der Waals surface area contributed by atoms with Gasteiger partial charge in [-0.2, -0.15) is 0 Å². The van der Waals surface area contributed by atoms with Crippen molar-refractivity contribution < 1.29 is 4.39 Å². The standard InChI is InChI=1S/C10H8BrFS/c1-2-6-3-4-7(11)10-9(6)8(12)5-13-10/h3-5H,2H2,1H3. The lowest BCUT2D eigenvalue weighted by Gasteiger charge is -2.00. The summed E-state index contributed by atoms with van der Waals surface area (Å²) in [6.07, 6.45) is 0.872. The maximum Gasteiger partial charge on any atom is 0.142 e. The van der Waals surface area contributed by atoms with Gasteiger partial charge in [-0.15, -0.1) is 11.3 Å². The van der Waals surface area contributed by atoms with Gasteiger partial charge in [0.25, 0.3) is 0 Å². The van der Waals surface area contributed by atoms with E-state index < -0.39 is 0 Å². The molecular weight excluding hydrogens is 251 g/mol. The molecule has 0 unspecified atom stereocenters. The van der Waals surface area contributed by atoms with Gasteiger partial charge in [0.05, 0.1) is 4.70 Å². The molecule has 68 valence electrons. The van der Waals surface area contributed by atoms with Crippen LogP contribution in [0.5, 0.6) is 0 Å². The average molecular weight is 259 g/mol. The predicted octanol–water partition coefficient (Wildman–Crippen LogP) is 4.37. The fourth-order valence-corrected chi connectivity index (χ4v) is 2.92. The lowest BCUT2D eigenvalue weighted by molar-refractivity contribution is 0.643. The highest BCUT2D eigenvalue weighted by Gasteiger charge is 2.09. The molecule has 0 nitrogen and oxygen atoms in total. The minimum atomic E-state index is -0.0989. The maximum absolute atomic E-state index is 13.4. The molecule has 1 aromatic carbocycles. The average Bonchev–Trinajstić information content (AvgIpc) is 2.51. The number of halogens is 2. The van der Waals surface area contributed by atoms with E-state index in [1.807, 2.05) is 19.1 Å². The summed E-state index contributed by atoms with van der Waals surface area (Å²) >= 11 is 4.87. The highest BCUT2D eigenvalue weighted by atomic mass is 79.9. The first kappa shape index (κ1) is 9.16. The number of hydrogen-bond acceptors (Lipinski definition) is 1. The monoisotopic (exact) mass is 258 g/mol. The number of fused-ring (bicyclic) bond motifs is 1. The van der Waals surface area contributed by atoms with Gasteiger partial charge in [-0.05, 0) is 34.0 Å². The van der Waals surface area contributed by atoms with E-state index in [0.717, 1.165) is 26.5 Å². The summed E-state index contributed by atoms with van der Waals surface area (Å²) in [7, 11) is 0. The summed E-state index contributed by atoms with van der Waals surface area (Å²) in [5.41, 5.74) is 1.08. The molecule has 1 aromatic heterocycles. The molecule has 1 heterocycles. The molecule has 0 aliphatic heterocycles. The molecule has 3 heteroatoms. The van der Waals surface area contributed by atoms with E-state index in [9.17, 15) is 4.39 Å². The Hall–Kier alpha value is -0.410. The highest BCUT2D eigenvalue weighted by Crippen LogP contribution is 2.34. The summed E-state index contributed by atoms with van der Waals surface area (Å²) < 4.78 is 15.4. The van der Waals surface area contributed by atoms with E-state index in [-0.39, 0.29) is 5.82 Å². The Balaban J connectivity index is 2.88. The van der Waals surface area contributed by atoms with Crippen molar-refractivity contribution >= 4 is 37.4 Å². The van der Waals surface area contributed by atoms with Crippen LogP contribution in [0.15, 0.2) is 22.0 Å². The molecule has 0 saturated heterocycles. The Morgan fingerprint density at radius 3 is 2.92 bits per heavy atom. The zero-order valence-electron chi connectivity index (χ0n) is 7.10. The van der Waals surface area contributed by atoms with Crippen LogP contribution in [0.25, 0.3) is 10.1 Å². The molecule has 13 heavy (non-hydrogen) atoms. The van der Waals surface area contributed by atoms with Crippen LogP contribution in [0.1, 0.15) is 12.5 Å². The van der Waals surface area contributed by atoms with Crippen LogP contribution in [-0.2, 0) is 6.42 Å². The van der Waals surface area contributed by atoms with Crippen molar-refractivity contribution in [3.05, 3.63) is 33.4 Å². The Kier molecular flexibility index (Phi) is 2.39. The van der Waals surface area contributed by atoms with Gasteiger partial charge in [-0.25, -0.2) is 4.39 Å². The van der Waals surface area contributed by atoms with Crippen molar-refractivity contribution in [1.82, 2.24) is 0 Å². The van der Waals surface area contributed by atoms with Crippen molar-refractivity contribution in [3.63, 3.8) is 0 Å². The van der Waals surface area contributed by atoms with Gasteiger partial charge in [0.2, 0.25) is 0 Å². The Morgan fingerprint density at radius 2 is 2.23 bits per heavy atom. The number of benzene rings is 1. The smallest absolute Gasteiger partial charge is 0.142 e. The second-order valence-corrected chi connectivity index (χ2v) is 4.58. The van der Waals surface area contributed by atoms with Crippen LogP contribution in [0.2, 0.25) is 0 Å². The minimum absolute atomic E-state index is 0.0989. The van der Waals surface area contributed by atoms with Gasteiger partial charge >= 0.3 is 0 Å². The SMILES string of the molecule is CCc1ccc(Br)c2scc(F)c12. The lowest BCUT2D eigenvalue weighted by atomic mass is 10.1. The quantitative estimate of drug-likeness (QED) is 0.713. The highest BCUT2D eigenvalue weighted by molar-refractivity contribution is 9.10. The van der Waals surface area contributed by atoms with Crippen molar-refractivity contribution in [2.75, 3.05) is 0 Å². The van der Waals surface area contributed by atoms with Crippen molar-refractivity contribution in [2.45, 2.75) is 13.3 Å².